The summed E-state index contributed by atoms with van der Waals surface area (Å²) < 4.78 is 9.56. The summed E-state index contributed by atoms with van der Waals surface area (Å²) in [5, 5.41) is 13.7. The second-order valence-corrected chi connectivity index (χ2v) is 16.8. The van der Waals surface area contributed by atoms with E-state index < -0.39 is 0 Å². The molecule has 1 N–H and O–H groups in total. The molecule has 5 aromatic heterocycles. The molecular weight excluding hydrogens is 781 g/mol. The van der Waals surface area contributed by atoms with Gasteiger partial charge in [0.25, 0.3) is 0 Å². The van der Waals surface area contributed by atoms with Crippen LogP contribution in [0.1, 0.15) is 11.7 Å². The molecule has 6 nitrogen and oxygen atoms in total. The highest BCUT2D eigenvalue weighted by atomic mass is 15.2. The zero-order valence-electron chi connectivity index (χ0n) is 34.6. The standard InChI is InChI=1S/C58H38N6/c1-3-17-37(18-4-1)61-51-30-14-10-24-43(51)57-52(61)34-33-42-39-21-7-13-29-50(39)64(58(42)57)56-32-16-26-47(60-56)46-25-15-31-55(59-46)63-49-28-12-9-23-41(49)45-35-53-44(36-54(45)63)40-22-8-11-27-48(40)62(53)38-19-5-2-6-20-38/h1-36,46,59H. The summed E-state index contributed by atoms with van der Waals surface area (Å²) in [5.74, 6) is 1.89. The van der Waals surface area contributed by atoms with E-state index in [1.54, 1.807) is 0 Å². The summed E-state index contributed by atoms with van der Waals surface area (Å²) in [7, 11) is 0. The van der Waals surface area contributed by atoms with E-state index in [4.69, 9.17) is 4.98 Å². The van der Waals surface area contributed by atoms with Gasteiger partial charge in [0.1, 0.15) is 11.6 Å². The molecule has 0 saturated carbocycles. The van der Waals surface area contributed by atoms with Crippen molar-refractivity contribution in [2.24, 2.45) is 0 Å². The molecule has 0 saturated heterocycles. The van der Waals surface area contributed by atoms with Gasteiger partial charge in [0.2, 0.25) is 0 Å². The molecule has 1 aliphatic heterocycles. The first kappa shape index (κ1) is 35.0. The van der Waals surface area contributed by atoms with E-state index in [-0.39, 0.29) is 6.04 Å². The maximum atomic E-state index is 5.54. The molecule has 1 atom stereocenters. The third-order valence-corrected chi connectivity index (χ3v) is 13.4. The number of allylic oxidation sites excluding steroid dienone is 2. The molecule has 0 amide bonds. The lowest BCUT2D eigenvalue weighted by molar-refractivity contribution is 0.710. The number of nitrogens with zero attached hydrogens (tertiary/aromatic N) is 5. The molecular formula is C58H38N6. The first-order valence-electron chi connectivity index (χ1n) is 21.9. The fraction of sp³-hybridized carbons (Fsp3) is 0.0172. The van der Waals surface area contributed by atoms with E-state index in [0.29, 0.717) is 0 Å². The van der Waals surface area contributed by atoms with Gasteiger partial charge in [-0.1, -0.05) is 133 Å². The molecule has 13 aromatic rings. The number of pyridine rings is 1. The molecule has 8 aromatic carbocycles. The highest BCUT2D eigenvalue weighted by Gasteiger charge is 2.24. The Bertz CT molecular complexity index is 4100. The lowest BCUT2D eigenvalue weighted by atomic mass is 10.1. The van der Waals surface area contributed by atoms with Crippen molar-refractivity contribution in [2.45, 2.75) is 6.04 Å². The first-order chi connectivity index (χ1) is 31.8. The molecule has 14 rings (SSSR count). The summed E-state index contributed by atoms with van der Waals surface area (Å²) in [6.07, 6.45) is 6.58. The minimum absolute atomic E-state index is 0.173. The van der Waals surface area contributed by atoms with Crippen molar-refractivity contribution >= 4 is 93.0 Å². The van der Waals surface area contributed by atoms with Crippen molar-refractivity contribution in [3.8, 4) is 17.2 Å². The minimum Gasteiger partial charge on any atom is -0.359 e. The Balaban J connectivity index is 0.930. The highest BCUT2D eigenvalue weighted by molar-refractivity contribution is 6.26. The Kier molecular flexibility index (Phi) is 7.36. The molecule has 6 heterocycles. The van der Waals surface area contributed by atoms with E-state index >= 15 is 0 Å². The van der Waals surface area contributed by atoms with Crippen LogP contribution in [-0.2, 0) is 0 Å². The molecule has 1 unspecified atom stereocenters. The Morgan fingerprint density at radius 2 is 0.891 bits per heavy atom. The number of fused-ring (bicyclic) bond motifs is 13. The highest BCUT2D eigenvalue weighted by Crippen LogP contribution is 2.43. The number of hydrogen-bond acceptors (Lipinski definition) is 2. The monoisotopic (exact) mass is 818 g/mol. The van der Waals surface area contributed by atoms with E-state index in [1.165, 1.54) is 65.2 Å². The Labute approximate surface area is 367 Å². The van der Waals surface area contributed by atoms with Crippen molar-refractivity contribution in [3.05, 3.63) is 224 Å². The van der Waals surface area contributed by atoms with Crippen LogP contribution in [0.5, 0.6) is 0 Å². The molecule has 6 heteroatoms. The van der Waals surface area contributed by atoms with Crippen LogP contribution < -0.4 is 5.32 Å². The number of hydrogen-bond donors (Lipinski definition) is 1. The molecule has 0 bridgehead atoms. The lowest BCUT2D eigenvalue weighted by Crippen LogP contribution is -2.24. The van der Waals surface area contributed by atoms with Gasteiger partial charge in [0, 0.05) is 54.5 Å². The predicted molar refractivity (Wildman–Crippen MR) is 266 cm³/mol. The van der Waals surface area contributed by atoms with Gasteiger partial charge in [-0.25, -0.2) is 4.98 Å². The molecule has 0 spiro atoms. The lowest BCUT2D eigenvalue weighted by Gasteiger charge is -2.24. The van der Waals surface area contributed by atoms with Gasteiger partial charge in [0.05, 0.1) is 55.9 Å². The maximum Gasteiger partial charge on any atom is 0.137 e. The van der Waals surface area contributed by atoms with Crippen LogP contribution in [0.3, 0.4) is 0 Å². The van der Waals surface area contributed by atoms with Gasteiger partial charge in [-0.15, -0.1) is 0 Å². The second kappa shape index (κ2) is 13.4. The number of para-hydroxylation sites is 6. The summed E-state index contributed by atoms with van der Waals surface area (Å²) in [6, 6.07) is 72.0. The molecule has 0 radical (unpaired) electrons. The summed E-state index contributed by atoms with van der Waals surface area (Å²) in [5.41, 5.74) is 12.6. The molecule has 64 heavy (non-hydrogen) atoms. The summed E-state index contributed by atoms with van der Waals surface area (Å²) >= 11 is 0. The van der Waals surface area contributed by atoms with E-state index in [1.807, 2.05) is 0 Å². The van der Waals surface area contributed by atoms with Gasteiger partial charge in [-0.2, -0.15) is 0 Å². The average molecular weight is 819 g/mol. The normalized spacial score (nSPS) is 14.2. The van der Waals surface area contributed by atoms with Crippen molar-refractivity contribution < 1.29 is 0 Å². The third-order valence-electron chi connectivity index (χ3n) is 13.4. The zero-order valence-corrected chi connectivity index (χ0v) is 34.6. The van der Waals surface area contributed by atoms with E-state index in [9.17, 15) is 0 Å². The minimum atomic E-state index is -0.173. The smallest absolute Gasteiger partial charge is 0.137 e. The topological polar surface area (TPSA) is 44.6 Å². The summed E-state index contributed by atoms with van der Waals surface area (Å²) in [6.45, 7) is 0. The van der Waals surface area contributed by atoms with Crippen LogP contribution in [-0.4, -0.2) is 23.3 Å². The summed E-state index contributed by atoms with van der Waals surface area (Å²) in [4.78, 5) is 5.54. The van der Waals surface area contributed by atoms with Crippen LogP contribution in [0.2, 0.25) is 0 Å². The van der Waals surface area contributed by atoms with Gasteiger partial charge >= 0.3 is 0 Å². The maximum absolute atomic E-state index is 5.54. The van der Waals surface area contributed by atoms with Crippen LogP contribution >= 0.6 is 0 Å². The van der Waals surface area contributed by atoms with E-state index in [2.05, 4.69) is 242 Å². The van der Waals surface area contributed by atoms with Crippen molar-refractivity contribution in [1.82, 2.24) is 28.6 Å². The van der Waals surface area contributed by atoms with Crippen molar-refractivity contribution in [3.63, 3.8) is 0 Å². The van der Waals surface area contributed by atoms with Gasteiger partial charge in [-0.05, 0) is 84.9 Å². The average Bonchev–Trinajstić information content (AvgIpc) is 4.08. The number of nitrogens with one attached hydrogen (secondary N) is 1. The van der Waals surface area contributed by atoms with Gasteiger partial charge in [0.15, 0.2) is 0 Å². The number of rotatable bonds is 5. The number of dihydropyridines is 1. The quantitative estimate of drug-likeness (QED) is 0.188. The molecule has 0 fully saturated rings. The molecule has 300 valence electrons. The second-order valence-electron chi connectivity index (χ2n) is 16.8. The van der Waals surface area contributed by atoms with Crippen LogP contribution in [0.25, 0.3) is 110 Å². The Morgan fingerprint density at radius 1 is 0.375 bits per heavy atom. The molecule has 0 aliphatic carbocycles. The van der Waals surface area contributed by atoms with Crippen LogP contribution in [0.15, 0.2) is 218 Å². The SMILES string of the molecule is C1=CC(c2cccc(-n3c4ccccc4c4ccc5c(c6ccccc6n5-c5ccccc5)c43)n2)NC(n2c3ccccc3c3cc4c(cc32)c2ccccc2n4-c2ccccc2)=C1. The van der Waals surface area contributed by atoms with Crippen molar-refractivity contribution in [1.29, 1.82) is 0 Å². The zero-order chi connectivity index (χ0) is 41.9. The number of aromatic nitrogens is 5. The molecule has 1 aliphatic rings. The largest absolute Gasteiger partial charge is 0.359 e. The Morgan fingerprint density at radius 3 is 1.55 bits per heavy atom. The van der Waals surface area contributed by atoms with Gasteiger partial charge in [-0.3, -0.25) is 9.13 Å². The van der Waals surface area contributed by atoms with Gasteiger partial charge < -0.3 is 14.5 Å². The number of benzene rings is 8. The van der Waals surface area contributed by atoms with Crippen LogP contribution in [0, 0.1) is 0 Å². The van der Waals surface area contributed by atoms with E-state index in [0.717, 1.165) is 50.8 Å². The fourth-order valence-electron chi connectivity index (χ4n) is 10.7. The predicted octanol–water partition coefficient (Wildman–Crippen LogP) is 14.2. The fourth-order valence-corrected chi connectivity index (χ4v) is 10.7. The van der Waals surface area contributed by atoms with Crippen molar-refractivity contribution in [2.75, 3.05) is 0 Å². The Hall–Kier alpha value is -8.61. The first-order valence-corrected chi connectivity index (χ1v) is 21.9. The van der Waals surface area contributed by atoms with Crippen LogP contribution in [0.4, 0.5) is 0 Å². The third kappa shape index (κ3) is 4.93.